The van der Waals surface area contributed by atoms with E-state index < -0.39 is 28.9 Å². The van der Waals surface area contributed by atoms with E-state index in [9.17, 15) is 18.0 Å². The topological polar surface area (TPSA) is 78.3 Å². The molecule has 1 rings (SSSR count). The van der Waals surface area contributed by atoms with Crippen LogP contribution in [0.5, 0.6) is 5.75 Å². The molecular formula is C9H9F3N2O2. The maximum atomic E-state index is 12.5. The van der Waals surface area contributed by atoms with Crippen LogP contribution in [0, 0.1) is 0 Å². The minimum atomic E-state index is -4.69. The van der Waals surface area contributed by atoms with E-state index in [1.165, 1.54) is 7.11 Å². The Hall–Kier alpha value is -1.92. The van der Waals surface area contributed by atoms with Gasteiger partial charge in [0, 0.05) is 0 Å². The van der Waals surface area contributed by atoms with Gasteiger partial charge in [0.1, 0.15) is 5.75 Å². The maximum absolute atomic E-state index is 12.5. The molecule has 0 bridgehead atoms. The fourth-order valence-corrected chi connectivity index (χ4v) is 1.28. The molecule has 0 unspecified atom stereocenters. The molecule has 4 nitrogen and oxygen atoms in total. The summed E-state index contributed by atoms with van der Waals surface area (Å²) in [5.74, 6) is -1.27. The first-order valence-corrected chi connectivity index (χ1v) is 4.12. The Morgan fingerprint density at radius 1 is 1.38 bits per heavy atom. The summed E-state index contributed by atoms with van der Waals surface area (Å²) in [6, 6.07) is 1.74. The van der Waals surface area contributed by atoms with Gasteiger partial charge in [-0.05, 0) is 12.1 Å². The van der Waals surface area contributed by atoms with Crippen molar-refractivity contribution in [2.45, 2.75) is 6.18 Å². The van der Waals surface area contributed by atoms with Crippen LogP contribution in [0.4, 0.5) is 18.9 Å². The number of nitrogen functional groups attached to an aromatic ring is 1. The van der Waals surface area contributed by atoms with E-state index in [0.717, 1.165) is 6.07 Å². The molecule has 0 aliphatic carbocycles. The summed E-state index contributed by atoms with van der Waals surface area (Å²) in [6.45, 7) is 0. The lowest BCUT2D eigenvalue weighted by molar-refractivity contribution is -0.137. The number of carbonyl (C=O) groups excluding carboxylic acids is 1. The number of rotatable bonds is 2. The lowest BCUT2D eigenvalue weighted by Gasteiger charge is -2.14. The molecule has 4 N–H and O–H groups in total. The summed E-state index contributed by atoms with van der Waals surface area (Å²) in [5.41, 5.74) is 7.88. The van der Waals surface area contributed by atoms with Crippen LogP contribution in [-0.4, -0.2) is 13.0 Å². The van der Waals surface area contributed by atoms with E-state index in [-0.39, 0.29) is 5.75 Å². The summed E-state index contributed by atoms with van der Waals surface area (Å²) >= 11 is 0. The average molecular weight is 234 g/mol. The first kappa shape index (κ1) is 12.2. The van der Waals surface area contributed by atoms with E-state index in [1.807, 2.05) is 0 Å². The number of benzene rings is 1. The van der Waals surface area contributed by atoms with Crippen molar-refractivity contribution in [2.75, 3.05) is 12.8 Å². The van der Waals surface area contributed by atoms with Crippen LogP contribution in [0.1, 0.15) is 15.9 Å². The minimum Gasteiger partial charge on any atom is -0.495 e. The largest absolute Gasteiger partial charge is 0.495 e. The summed E-state index contributed by atoms with van der Waals surface area (Å²) in [7, 11) is 1.23. The predicted octanol–water partition coefficient (Wildman–Crippen LogP) is 1.40. The zero-order valence-electron chi connectivity index (χ0n) is 8.26. The monoisotopic (exact) mass is 234 g/mol. The molecule has 0 saturated heterocycles. The molecule has 16 heavy (non-hydrogen) atoms. The molecule has 0 saturated carbocycles. The van der Waals surface area contributed by atoms with Crippen molar-refractivity contribution < 1.29 is 22.7 Å². The highest BCUT2D eigenvalue weighted by Gasteiger charge is 2.36. The highest BCUT2D eigenvalue weighted by molar-refractivity contribution is 6.01. The molecule has 1 aromatic carbocycles. The molecule has 88 valence electrons. The number of hydrogen-bond donors (Lipinski definition) is 2. The van der Waals surface area contributed by atoms with Crippen LogP contribution in [0.3, 0.4) is 0 Å². The number of methoxy groups -OCH3 is 1. The molecular weight excluding hydrogens is 225 g/mol. The molecule has 0 spiro atoms. The third kappa shape index (κ3) is 2.02. The number of anilines is 1. The Balaban J connectivity index is 3.53. The van der Waals surface area contributed by atoms with Crippen LogP contribution in [0.25, 0.3) is 0 Å². The Morgan fingerprint density at radius 3 is 2.31 bits per heavy atom. The Bertz CT molecular complexity index is 429. The third-order valence-electron chi connectivity index (χ3n) is 1.98. The van der Waals surface area contributed by atoms with Gasteiger partial charge < -0.3 is 16.2 Å². The molecule has 0 fully saturated rings. The van der Waals surface area contributed by atoms with Gasteiger partial charge in [-0.25, -0.2) is 0 Å². The van der Waals surface area contributed by atoms with Crippen molar-refractivity contribution in [2.24, 2.45) is 5.73 Å². The summed E-state index contributed by atoms with van der Waals surface area (Å²) < 4.78 is 42.3. The van der Waals surface area contributed by atoms with Gasteiger partial charge in [0.15, 0.2) is 0 Å². The zero-order valence-corrected chi connectivity index (χ0v) is 8.26. The molecule has 0 aromatic heterocycles. The average Bonchev–Trinajstić information content (AvgIpc) is 2.15. The number of ether oxygens (including phenoxy) is 1. The summed E-state index contributed by atoms with van der Waals surface area (Å²) in [6.07, 6.45) is -4.69. The van der Waals surface area contributed by atoms with E-state index >= 15 is 0 Å². The van der Waals surface area contributed by atoms with Gasteiger partial charge in [0.2, 0.25) is 0 Å². The van der Waals surface area contributed by atoms with Gasteiger partial charge in [0.25, 0.3) is 5.91 Å². The van der Waals surface area contributed by atoms with Crippen LogP contribution in [0.15, 0.2) is 12.1 Å². The molecule has 7 heteroatoms. The first-order valence-electron chi connectivity index (χ1n) is 4.12. The number of halogens is 3. The van der Waals surface area contributed by atoms with Crippen molar-refractivity contribution in [3.8, 4) is 5.75 Å². The Labute approximate surface area is 89.0 Å². The molecule has 1 aromatic rings. The van der Waals surface area contributed by atoms with E-state index in [0.29, 0.717) is 6.07 Å². The van der Waals surface area contributed by atoms with E-state index in [4.69, 9.17) is 16.2 Å². The smallest absolute Gasteiger partial charge is 0.417 e. The standard InChI is InChI=1S/C9H9F3N2O2/c1-16-5-3-2-4(9(10,11)12)6(7(5)13)8(14)15/h2-3H,13H2,1H3,(H2,14,15). The Morgan fingerprint density at radius 2 is 1.94 bits per heavy atom. The van der Waals surface area contributed by atoms with Gasteiger partial charge in [-0.15, -0.1) is 0 Å². The summed E-state index contributed by atoms with van der Waals surface area (Å²) in [4.78, 5) is 10.9. The predicted molar refractivity (Wildman–Crippen MR) is 50.9 cm³/mol. The highest BCUT2D eigenvalue weighted by atomic mass is 19.4. The normalized spacial score (nSPS) is 11.2. The van der Waals surface area contributed by atoms with Gasteiger partial charge >= 0.3 is 6.18 Å². The molecule has 0 atom stereocenters. The van der Waals surface area contributed by atoms with Crippen molar-refractivity contribution in [1.82, 2.24) is 0 Å². The second-order valence-electron chi connectivity index (χ2n) is 2.97. The van der Waals surface area contributed by atoms with Crippen molar-refractivity contribution in [1.29, 1.82) is 0 Å². The molecule has 0 aliphatic heterocycles. The number of alkyl halides is 3. The fraction of sp³-hybridized carbons (Fsp3) is 0.222. The number of amides is 1. The van der Waals surface area contributed by atoms with Gasteiger partial charge in [-0.2, -0.15) is 13.2 Å². The number of hydrogen-bond acceptors (Lipinski definition) is 3. The maximum Gasteiger partial charge on any atom is 0.417 e. The number of carbonyl (C=O) groups is 1. The minimum absolute atomic E-state index is 0.0261. The second kappa shape index (κ2) is 3.92. The molecule has 0 radical (unpaired) electrons. The van der Waals surface area contributed by atoms with Crippen LogP contribution in [-0.2, 0) is 6.18 Å². The van der Waals surface area contributed by atoms with Gasteiger partial charge in [0.05, 0.1) is 23.9 Å². The molecule has 0 aliphatic rings. The zero-order chi connectivity index (χ0) is 12.5. The van der Waals surface area contributed by atoms with E-state index in [2.05, 4.69) is 0 Å². The first-order chi connectivity index (χ1) is 7.29. The number of nitrogens with two attached hydrogens (primary N) is 2. The lowest BCUT2D eigenvalue weighted by Crippen LogP contribution is -2.21. The second-order valence-corrected chi connectivity index (χ2v) is 2.97. The Kier molecular flexibility index (Phi) is 2.97. The molecule has 0 heterocycles. The quantitative estimate of drug-likeness (QED) is 0.759. The van der Waals surface area contributed by atoms with Crippen molar-refractivity contribution in [3.63, 3.8) is 0 Å². The highest BCUT2D eigenvalue weighted by Crippen LogP contribution is 2.37. The van der Waals surface area contributed by atoms with Crippen molar-refractivity contribution >= 4 is 11.6 Å². The SMILES string of the molecule is COc1ccc(C(F)(F)F)c(C(N)=O)c1N. The van der Waals surface area contributed by atoms with E-state index in [1.54, 1.807) is 0 Å². The van der Waals surface area contributed by atoms with Gasteiger partial charge in [-0.1, -0.05) is 0 Å². The lowest BCUT2D eigenvalue weighted by atomic mass is 10.0. The van der Waals surface area contributed by atoms with Crippen molar-refractivity contribution in [3.05, 3.63) is 23.3 Å². The molecule has 1 amide bonds. The fourth-order valence-electron chi connectivity index (χ4n) is 1.28. The summed E-state index contributed by atoms with van der Waals surface area (Å²) in [5, 5.41) is 0. The van der Waals surface area contributed by atoms with Crippen LogP contribution < -0.4 is 16.2 Å². The third-order valence-corrected chi connectivity index (χ3v) is 1.98. The van der Waals surface area contributed by atoms with Crippen LogP contribution in [0.2, 0.25) is 0 Å². The van der Waals surface area contributed by atoms with Gasteiger partial charge in [-0.3, -0.25) is 4.79 Å². The van der Waals surface area contributed by atoms with Crippen LogP contribution >= 0.6 is 0 Å². The number of primary amides is 1.